The molecule has 5 nitrogen and oxygen atoms in total. The first-order valence-electron chi connectivity index (χ1n) is 6.52. The molecule has 0 atom stereocenters. The molecule has 1 heterocycles. The van der Waals surface area contributed by atoms with Crippen LogP contribution in [0.3, 0.4) is 0 Å². The minimum Gasteiger partial charge on any atom is -0.493 e. The Kier molecular flexibility index (Phi) is 4.65. The normalized spacial score (nSPS) is 10.3. The fourth-order valence-electron chi connectivity index (χ4n) is 2.35. The summed E-state index contributed by atoms with van der Waals surface area (Å²) in [5, 5.41) is 9.51. The Morgan fingerprint density at radius 3 is 2.14 bits per heavy atom. The zero-order valence-corrected chi connectivity index (χ0v) is 12.6. The third kappa shape index (κ3) is 2.78. The predicted octanol–water partition coefficient (Wildman–Crippen LogP) is 2.58. The second-order valence-electron chi connectivity index (χ2n) is 4.52. The van der Waals surface area contributed by atoms with Gasteiger partial charge in [-0.2, -0.15) is 0 Å². The van der Waals surface area contributed by atoms with E-state index in [1.54, 1.807) is 27.5 Å². The van der Waals surface area contributed by atoms with Crippen molar-refractivity contribution in [3.63, 3.8) is 0 Å². The van der Waals surface area contributed by atoms with Crippen LogP contribution in [-0.2, 0) is 6.61 Å². The molecule has 21 heavy (non-hydrogen) atoms. The van der Waals surface area contributed by atoms with Crippen molar-refractivity contribution in [2.24, 2.45) is 0 Å². The summed E-state index contributed by atoms with van der Waals surface area (Å²) in [4.78, 5) is 4.23. The van der Waals surface area contributed by atoms with Crippen LogP contribution in [0.4, 0.5) is 0 Å². The molecule has 0 spiro atoms. The van der Waals surface area contributed by atoms with Crippen LogP contribution in [0.2, 0.25) is 0 Å². The van der Waals surface area contributed by atoms with Crippen LogP contribution in [0.1, 0.15) is 11.3 Å². The van der Waals surface area contributed by atoms with Crippen molar-refractivity contribution in [1.82, 2.24) is 4.98 Å². The van der Waals surface area contributed by atoms with Gasteiger partial charge in [0.25, 0.3) is 0 Å². The van der Waals surface area contributed by atoms with E-state index in [1.165, 1.54) is 0 Å². The lowest BCUT2D eigenvalue weighted by atomic mass is 9.98. The molecular weight excluding hydrogens is 270 g/mol. The van der Waals surface area contributed by atoms with Gasteiger partial charge >= 0.3 is 0 Å². The number of ether oxygens (including phenoxy) is 3. The summed E-state index contributed by atoms with van der Waals surface area (Å²) in [6.07, 6.45) is 1.68. The average Bonchev–Trinajstić information content (AvgIpc) is 2.52. The Bertz CT molecular complexity index is 615. The summed E-state index contributed by atoms with van der Waals surface area (Å²) in [6, 6.07) is 5.60. The molecule has 0 unspecified atom stereocenters. The van der Waals surface area contributed by atoms with E-state index in [2.05, 4.69) is 4.98 Å². The molecule has 2 aromatic rings. The zero-order valence-electron chi connectivity index (χ0n) is 12.6. The molecule has 1 aromatic heterocycles. The number of methoxy groups -OCH3 is 3. The number of benzene rings is 1. The first-order valence-corrected chi connectivity index (χ1v) is 6.52. The Hall–Kier alpha value is -2.27. The van der Waals surface area contributed by atoms with E-state index in [4.69, 9.17) is 14.2 Å². The Morgan fingerprint density at radius 1 is 1.05 bits per heavy atom. The number of aromatic nitrogens is 1. The molecule has 0 amide bonds. The molecule has 0 bridgehead atoms. The topological polar surface area (TPSA) is 60.8 Å². The highest BCUT2D eigenvalue weighted by Gasteiger charge is 2.17. The van der Waals surface area contributed by atoms with Crippen LogP contribution in [0.25, 0.3) is 11.1 Å². The van der Waals surface area contributed by atoms with Gasteiger partial charge in [-0.25, -0.2) is 0 Å². The number of aliphatic hydroxyl groups is 1. The summed E-state index contributed by atoms with van der Waals surface area (Å²) in [5.74, 6) is 1.67. The standard InChI is InChI=1S/C16H19NO4/c1-10-5-6-17-12(9-18)15(10)11-7-13(19-2)16(21-4)14(8-11)20-3/h5-8,18H,9H2,1-4H3. The van der Waals surface area contributed by atoms with Crippen LogP contribution >= 0.6 is 0 Å². The Morgan fingerprint density at radius 2 is 1.67 bits per heavy atom. The number of aryl methyl sites for hydroxylation is 1. The maximum Gasteiger partial charge on any atom is 0.203 e. The third-order valence-electron chi connectivity index (χ3n) is 3.34. The molecule has 1 aromatic carbocycles. The monoisotopic (exact) mass is 289 g/mol. The van der Waals surface area contributed by atoms with Gasteiger partial charge in [0.2, 0.25) is 5.75 Å². The summed E-state index contributed by atoms with van der Waals surface area (Å²) in [5.41, 5.74) is 3.37. The number of nitrogens with zero attached hydrogens (tertiary/aromatic N) is 1. The van der Waals surface area contributed by atoms with Crippen molar-refractivity contribution in [3.8, 4) is 28.4 Å². The maximum absolute atomic E-state index is 9.51. The van der Waals surface area contributed by atoms with E-state index < -0.39 is 0 Å². The van der Waals surface area contributed by atoms with Gasteiger partial charge in [-0.15, -0.1) is 0 Å². The zero-order chi connectivity index (χ0) is 15.4. The van der Waals surface area contributed by atoms with Crippen molar-refractivity contribution in [2.45, 2.75) is 13.5 Å². The molecular formula is C16H19NO4. The molecule has 0 aliphatic heterocycles. The smallest absolute Gasteiger partial charge is 0.203 e. The van der Waals surface area contributed by atoms with Crippen molar-refractivity contribution in [3.05, 3.63) is 35.7 Å². The van der Waals surface area contributed by atoms with Crippen LogP contribution in [0.5, 0.6) is 17.2 Å². The number of aliphatic hydroxyl groups excluding tert-OH is 1. The average molecular weight is 289 g/mol. The lowest BCUT2D eigenvalue weighted by molar-refractivity contribution is 0.277. The molecule has 0 aliphatic carbocycles. The molecule has 2 rings (SSSR count). The van der Waals surface area contributed by atoms with Gasteiger partial charge in [0.05, 0.1) is 33.6 Å². The summed E-state index contributed by atoms with van der Waals surface area (Å²) in [7, 11) is 4.71. The predicted molar refractivity (Wildman–Crippen MR) is 80.0 cm³/mol. The van der Waals surface area contributed by atoms with E-state index in [0.717, 1.165) is 16.7 Å². The Labute approximate surface area is 124 Å². The highest BCUT2D eigenvalue weighted by Crippen LogP contribution is 2.42. The molecule has 0 radical (unpaired) electrons. The Balaban J connectivity index is 2.70. The van der Waals surface area contributed by atoms with E-state index >= 15 is 0 Å². The molecule has 1 N–H and O–H groups in total. The SMILES string of the molecule is COc1cc(-c2c(C)ccnc2CO)cc(OC)c1OC. The third-order valence-corrected chi connectivity index (χ3v) is 3.34. The van der Waals surface area contributed by atoms with E-state index in [9.17, 15) is 5.11 Å². The van der Waals surface area contributed by atoms with Gasteiger partial charge < -0.3 is 19.3 Å². The molecule has 0 saturated carbocycles. The lowest BCUT2D eigenvalue weighted by Crippen LogP contribution is -1.99. The summed E-state index contributed by atoms with van der Waals surface area (Å²) < 4.78 is 16.1. The quantitative estimate of drug-likeness (QED) is 0.916. The van der Waals surface area contributed by atoms with Crippen molar-refractivity contribution in [2.75, 3.05) is 21.3 Å². The second-order valence-corrected chi connectivity index (χ2v) is 4.52. The highest BCUT2D eigenvalue weighted by molar-refractivity contribution is 5.74. The van der Waals surface area contributed by atoms with Crippen molar-refractivity contribution in [1.29, 1.82) is 0 Å². The highest BCUT2D eigenvalue weighted by atomic mass is 16.5. The minimum absolute atomic E-state index is 0.131. The van der Waals surface area contributed by atoms with Gasteiger partial charge in [0.1, 0.15) is 0 Å². The van der Waals surface area contributed by atoms with Crippen LogP contribution in [0.15, 0.2) is 24.4 Å². The maximum atomic E-state index is 9.51. The number of pyridine rings is 1. The number of hydrogen-bond donors (Lipinski definition) is 1. The van der Waals surface area contributed by atoms with Crippen molar-refractivity contribution < 1.29 is 19.3 Å². The van der Waals surface area contributed by atoms with Crippen LogP contribution in [-0.4, -0.2) is 31.4 Å². The lowest BCUT2D eigenvalue weighted by Gasteiger charge is -2.16. The van der Waals surface area contributed by atoms with Crippen LogP contribution < -0.4 is 14.2 Å². The first kappa shape index (κ1) is 15.1. The number of hydrogen-bond acceptors (Lipinski definition) is 5. The molecule has 112 valence electrons. The van der Waals surface area contributed by atoms with Crippen LogP contribution in [0, 0.1) is 6.92 Å². The van der Waals surface area contributed by atoms with E-state index in [1.807, 2.05) is 25.1 Å². The largest absolute Gasteiger partial charge is 0.493 e. The van der Waals surface area contributed by atoms with Gasteiger partial charge in [-0.05, 0) is 36.2 Å². The minimum atomic E-state index is -0.131. The summed E-state index contributed by atoms with van der Waals surface area (Å²) >= 11 is 0. The molecule has 0 aliphatic rings. The first-order chi connectivity index (χ1) is 10.2. The molecule has 0 saturated heterocycles. The summed E-state index contributed by atoms with van der Waals surface area (Å²) in [6.45, 7) is 1.84. The van der Waals surface area contributed by atoms with Gasteiger partial charge in [0, 0.05) is 11.8 Å². The van der Waals surface area contributed by atoms with Crippen molar-refractivity contribution >= 4 is 0 Å². The van der Waals surface area contributed by atoms with Gasteiger partial charge in [-0.3, -0.25) is 4.98 Å². The van der Waals surface area contributed by atoms with Gasteiger partial charge in [-0.1, -0.05) is 0 Å². The van der Waals surface area contributed by atoms with Gasteiger partial charge in [0.15, 0.2) is 11.5 Å². The van der Waals surface area contributed by atoms with E-state index in [0.29, 0.717) is 22.9 Å². The molecule has 5 heteroatoms. The fraction of sp³-hybridized carbons (Fsp3) is 0.312. The second kappa shape index (κ2) is 6.45. The fourth-order valence-corrected chi connectivity index (χ4v) is 2.35. The number of rotatable bonds is 5. The molecule has 0 fully saturated rings. The van der Waals surface area contributed by atoms with E-state index in [-0.39, 0.29) is 6.61 Å².